The number of benzene rings is 2. The highest BCUT2D eigenvalue weighted by Crippen LogP contribution is 2.47. The van der Waals surface area contributed by atoms with Gasteiger partial charge in [0.2, 0.25) is 0 Å². The molecule has 0 radical (unpaired) electrons. The van der Waals surface area contributed by atoms with Gasteiger partial charge in [0.05, 0.1) is 12.6 Å². The van der Waals surface area contributed by atoms with Gasteiger partial charge in [-0.25, -0.2) is 4.98 Å². The summed E-state index contributed by atoms with van der Waals surface area (Å²) >= 11 is 0. The third-order valence-corrected chi connectivity index (χ3v) is 6.56. The topological polar surface area (TPSA) is 106 Å². The van der Waals surface area contributed by atoms with Crippen LogP contribution in [-0.4, -0.2) is 47.3 Å². The second-order valence-corrected chi connectivity index (χ2v) is 8.66. The molecule has 2 aromatic carbocycles. The number of nitrogens with one attached hydrogen (secondary N) is 1. The van der Waals surface area contributed by atoms with Crippen LogP contribution in [0.3, 0.4) is 0 Å². The summed E-state index contributed by atoms with van der Waals surface area (Å²) < 4.78 is 17.5. The number of fused-ring (bicyclic) bond motifs is 1. The summed E-state index contributed by atoms with van der Waals surface area (Å²) in [6.45, 7) is 6.40. The van der Waals surface area contributed by atoms with E-state index in [1.54, 1.807) is 25.4 Å². The third kappa shape index (κ3) is 4.06. The zero-order valence-corrected chi connectivity index (χ0v) is 19.7. The molecule has 0 fully saturated rings. The van der Waals surface area contributed by atoms with Crippen molar-refractivity contribution in [2.24, 2.45) is 0 Å². The number of aromatic nitrogens is 2. The van der Waals surface area contributed by atoms with Gasteiger partial charge in [-0.05, 0) is 56.2 Å². The number of ether oxygens (including phenoxy) is 3. The minimum Gasteiger partial charge on any atom is -0.479 e. The van der Waals surface area contributed by atoms with E-state index < -0.39 is 24.0 Å². The van der Waals surface area contributed by atoms with Gasteiger partial charge in [-0.2, -0.15) is 0 Å². The van der Waals surface area contributed by atoms with Gasteiger partial charge in [0, 0.05) is 43.6 Å². The molecule has 176 valence electrons. The Morgan fingerprint density at radius 3 is 2.67 bits per heavy atom. The lowest BCUT2D eigenvalue weighted by Crippen LogP contribution is -2.62. The van der Waals surface area contributed by atoms with Crippen LogP contribution in [0.5, 0.6) is 5.75 Å². The van der Waals surface area contributed by atoms with Crippen LogP contribution in [0, 0.1) is 13.8 Å². The molecule has 8 nitrogen and oxygen atoms in total. The molecule has 0 bridgehead atoms. The van der Waals surface area contributed by atoms with Crippen LogP contribution < -0.4 is 15.4 Å². The van der Waals surface area contributed by atoms with E-state index in [0.717, 1.165) is 28.2 Å². The van der Waals surface area contributed by atoms with Crippen LogP contribution in [0.1, 0.15) is 35.5 Å². The number of aliphatic hydroxyl groups excluding tert-OH is 1. The predicted molar refractivity (Wildman–Crippen MR) is 127 cm³/mol. The molecule has 8 heteroatoms. The molecule has 0 spiro atoms. The van der Waals surface area contributed by atoms with E-state index in [1.807, 2.05) is 18.2 Å². The average molecular weight is 453 g/mol. The first-order valence-corrected chi connectivity index (χ1v) is 10.9. The number of aromatic amines is 1. The maximum Gasteiger partial charge on any atom is 0.199 e. The highest BCUT2D eigenvalue weighted by atomic mass is 16.7. The Hall–Kier alpha value is -3.07. The second-order valence-electron chi connectivity index (χ2n) is 8.66. The summed E-state index contributed by atoms with van der Waals surface area (Å²) in [7, 11) is 3.07. The lowest BCUT2D eigenvalue weighted by atomic mass is 9.83. The van der Waals surface area contributed by atoms with Crippen LogP contribution in [0.4, 0.5) is 11.4 Å². The lowest BCUT2D eigenvalue weighted by molar-refractivity contribution is -0.237. The van der Waals surface area contributed by atoms with Crippen LogP contribution >= 0.6 is 0 Å². The van der Waals surface area contributed by atoms with E-state index >= 15 is 0 Å². The number of hydrogen-bond donors (Lipinski definition) is 3. The Bertz CT molecular complexity index is 1100. The molecule has 2 heterocycles. The zero-order valence-electron chi connectivity index (χ0n) is 19.7. The smallest absolute Gasteiger partial charge is 0.199 e. The van der Waals surface area contributed by atoms with Crippen molar-refractivity contribution in [2.75, 3.05) is 24.9 Å². The molecule has 0 unspecified atom stereocenters. The maximum absolute atomic E-state index is 11.9. The number of nitrogen functional groups attached to an aromatic ring is 1. The fourth-order valence-electron chi connectivity index (χ4n) is 4.69. The van der Waals surface area contributed by atoms with Crippen LogP contribution in [0.25, 0.3) is 0 Å². The fourth-order valence-corrected chi connectivity index (χ4v) is 4.69. The molecule has 4 rings (SSSR count). The summed E-state index contributed by atoms with van der Waals surface area (Å²) in [5.41, 5.74) is 9.63. The number of aryl methyl sites for hydroxylation is 1. The standard InChI is InChI=1S/C25H32N4O4/c1-15-7-6-8-19(16(15)2)29(14-21-27-11-12-28-21)22-18-13-17(26)9-10-20(18)33-25(3,23(22)30)24(31-4)32-5/h6-13,22-24,30H,14,26H2,1-5H3,(H,27,28)/t22-,23+,25+/m1/s1. The summed E-state index contributed by atoms with van der Waals surface area (Å²) in [5.74, 6) is 1.40. The minimum absolute atomic E-state index is 0.438. The largest absolute Gasteiger partial charge is 0.479 e. The number of nitrogens with two attached hydrogens (primary N) is 1. The highest BCUT2D eigenvalue weighted by Gasteiger charge is 2.54. The molecular formula is C25H32N4O4. The van der Waals surface area contributed by atoms with Crippen molar-refractivity contribution < 1.29 is 19.3 Å². The number of hydrogen-bond acceptors (Lipinski definition) is 7. The van der Waals surface area contributed by atoms with E-state index in [0.29, 0.717) is 18.0 Å². The average Bonchev–Trinajstić information content (AvgIpc) is 3.30. The van der Waals surface area contributed by atoms with Crippen LogP contribution in [0.15, 0.2) is 48.8 Å². The van der Waals surface area contributed by atoms with Crippen molar-refractivity contribution in [3.05, 3.63) is 71.3 Å². The van der Waals surface area contributed by atoms with Gasteiger partial charge in [-0.3, -0.25) is 0 Å². The van der Waals surface area contributed by atoms with Crippen molar-refractivity contribution in [1.29, 1.82) is 0 Å². The Kier molecular flexibility index (Phi) is 6.34. The van der Waals surface area contributed by atoms with Gasteiger partial charge in [0.15, 0.2) is 11.9 Å². The molecule has 1 aliphatic rings. The van der Waals surface area contributed by atoms with Gasteiger partial charge in [0.1, 0.15) is 17.7 Å². The molecule has 3 aromatic rings. The monoisotopic (exact) mass is 452 g/mol. The third-order valence-electron chi connectivity index (χ3n) is 6.56. The van der Waals surface area contributed by atoms with E-state index in [-0.39, 0.29) is 0 Å². The Labute approximate surface area is 194 Å². The molecule has 0 saturated carbocycles. The Morgan fingerprint density at radius 2 is 2.00 bits per heavy atom. The summed E-state index contributed by atoms with van der Waals surface area (Å²) in [6, 6.07) is 11.1. The highest BCUT2D eigenvalue weighted by molar-refractivity contribution is 5.61. The summed E-state index contributed by atoms with van der Waals surface area (Å²) in [4.78, 5) is 9.78. The Morgan fingerprint density at radius 1 is 1.24 bits per heavy atom. The molecule has 33 heavy (non-hydrogen) atoms. The molecule has 0 saturated heterocycles. The van der Waals surface area contributed by atoms with Gasteiger partial charge in [-0.1, -0.05) is 12.1 Å². The fraction of sp³-hybridized carbons (Fsp3) is 0.400. The molecule has 1 aromatic heterocycles. The molecular weight excluding hydrogens is 420 g/mol. The lowest BCUT2D eigenvalue weighted by Gasteiger charge is -2.50. The van der Waals surface area contributed by atoms with Crippen molar-refractivity contribution in [3.8, 4) is 5.75 Å². The number of nitrogens with zero attached hydrogens (tertiary/aromatic N) is 2. The number of anilines is 2. The van der Waals surface area contributed by atoms with E-state index in [2.05, 4.69) is 40.8 Å². The van der Waals surface area contributed by atoms with Gasteiger partial charge in [0.25, 0.3) is 0 Å². The minimum atomic E-state index is -1.18. The molecule has 1 aliphatic heterocycles. The SMILES string of the molecule is COC(OC)[C@@]1(C)Oc2ccc(N)cc2[C@@H](N(Cc2ncc[nH]2)c2cccc(C)c2C)[C@@H]1O. The van der Waals surface area contributed by atoms with Crippen molar-refractivity contribution in [1.82, 2.24) is 9.97 Å². The molecule has 0 amide bonds. The van der Waals surface area contributed by atoms with Crippen molar-refractivity contribution in [3.63, 3.8) is 0 Å². The number of methoxy groups -OCH3 is 2. The number of H-pyrrole nitrogens is 1. The van der Waals surface area contributed by atoms with E-state index in [9.17, 15) is 5.11 Å². The number of aliphatic hydroxyl groups is 1. The second kappa shape index (κ2) is 9.05. The Balaban J connectivity index is 1.93. The van der Waals surface area contributed by atoms with Gasteiger partial charge >= 0.3 is 0 Å². The molecule has 4 N–H and O–H groups in total. The number of imidazole rings is 1. The number of rotatable bonds is 7. The van der Waals surface area contributed by atoms with Gasteiger partial charge in [-0.15, -0.1) is 0 Å². The quantitative estimate of drug-likeness (QED) is 0.372. The zero-order chi connectivity index (χ0) is 23.8. The first-order valence-electron chi connectivity index (χ1n) is 10.9. The van der Waals surface area contributed by atoms with Crippen molar-refractivity contribution in [2.45, 2.75) is 51.4 Å². The normalized spacial score (nSPS) is 22.2. The summed E-state index contributed by atoms with van der Waals surface area (Å²) in [6.07, 6.45) is 1.69. The van der Waals surface area contributed by atoms with Crippen LogP contribution in [-0.2, 0) is 16.0 Å². The predicted octanol–water partition coefficient (Wildman–Crippen LogP) is 3.49. The first-order chi connectivity index (χ1) is 15.8. The molecule has 0 aliphatic carbocycles. The van der Waals surface area contributed by atoms with Crippen molar-refractivity contribution >= 4 is 11.4 Å². The molecule has 3 atom stereocenters. The van der Waals surface area contributed by atoms with E-state index in [1.165, 1.54) is 14.2 Å². The van der Waals surface area contributed by atoms with E-state index in [4.69, 9.17) is 19.9 Å². The van der Waals surface area contributed by atoms with Crippen LogP contribution in [0.2, 0.25) is 0 Å². The van der Waals surface area contributed by atoms with Gasteiger partial charge < -0.3 is 34.9 Å². The summed E-state index contributed by atoms with van der Waals surface area (Å²) in [5, 5.41) is 11.9. The first kappa shape index (κ1) is 23.1. The maximum atomic E-state index is 11.9.